The molecule has 1 aromatic carbocycles. The van der Waals surface area contributed by atoms with Crippen molar-refractivity contribution in [3.8, 4) is 17.9 Å². The van der Waals surface area contributed by atoms with Crippen molar-refractivity contribution in [1.29, 1.82) is 10.5 Å². The molecule has 0 bridgehead atoms. The predicted octanol–water partition coefficient (Wildman–Crippen LogP) is 2.66. The molecule has 1 amide bonds. The third-order valence-electron chi connectivity index (χ3n) is 3.56. The van der Waals surface area contributed by atoms with Gasteiger partial charge >= 0.3 is 0 Å². The molecule has 0 radical (unpaired) electrons. The van der Waals surface area contributed by atoms with Gasteiger partial charge in [-0.3, -0.25) is 9.78 Å². The first-order chi connectivity index (χ1) is 12.2. The molecule has 1 aromatic heterocycles. The van der Waals surface area contributed by atoms with Gasteiger partial charge in [0.25, 0.3) is 5.91 Å². The van der Waals surface area contributed by atoms with Gasteiger partial charge in [-0.25, -0.2) is 0 Å². The number of ether oxygens (including phenoxy) is 1. The molecule has 25 heavy (non-hydrogen) atoms. The van der Waals surface area contributed by atoms with Gasteiger partial charge < -0.3 is 9.64 Å². The normalized spacial score (nSPS) is 11.0. The van der Waals surface area contributed by atoms with Gasteiger partial charge in [-0.1, -0.05) is 18.2 Å². The Labute approximate surface area is 146 Å². The first kappa shape index (κ1) is 18.0. The smallest absolute Gasteiger partial charge is 0.263 e. The molecule has 0 aliphatic rings. The van der Waals surface area contributed by atoms with E-state index in [1.54, 1.807) is 54.5 Å². The van der Waals surface area contributed by atoms with E-state index in [0.29, 0.717) is 24.4 Å². The Morgan fingerprint density at radius 2 is 2.08 bits per heavy atom. The molecule has 0 unspecified atom stereocenters. The number of rotatable bonds is 7. The zero-order valence-corrected chi connectivity index (χ0v) is 13.9. The van der Waals surface area contributed by atoms with E-state index in [1.165, 1.54) is 0 Å². The van der Waals surface area contributed by atoms with Crippen molar-refractivity contribution in [3.05, 3.63) is 59.9 Å². The van der Waals surface area contributed by atoms with Gasteiger partial charge in [0, 0.05) is 25.5 Å². The Kier molecular flexibility index (Phi) is 6.50. The number of pyridine rings is 1. The first-order valence-corrected chi connectivity index (χ1v) is 7.86. The van der Waals surface area contributed by atoms with Gasteiger partial charge in [-0.05, 0) is 30.7 Å². The summed E-state index contributed by atoms with van der Waals surface area (Å²) < 4.78 is 5.68. The quantitative estimate of drug-likeness (QED) is 0.776. The third-order valence-corrected chi connectivity index (χ3v) is 3.56. The first-order valence-electron chi connectivity index (χ1n) is 7.86. The molecule has 0 N–H and O–H groups in total. The minimum atomic E-state index is -0.773. The van der Waals surface area contributed by atoms with Crippen LogP contribution in [0.25, 0.3) is 0 Å². The van der Waals surface area contributed by atoms with E-state index < -0.39 is 6.10 Å². The van der Waals surface area contributed by atoms with Crippen LogP contribution in [0.4, 0.5) is 0 Å². The second-order valence-electron chi connectivity index (χ2n) is 5.40. The predicted molar refractivity (Wildman–Crippen MR) is 91.1 cm³/mol. The van der Waals surface area contributed by atoms with Crippen LogP contribution in [-0.4, -0.2) is 28.4 Å². The molecule has 1 atom stereocenters. The van der Waals surface area contributed by atoms with Crippen LogP contribution in [0.1, 0.15) is 24.5 Å². The lowest BCUT2D eigenvalue weighted by atomic mass is 10.2. The molecule has 0 saturated heterocycles. The number of hydrogen-bond donors (Lipinski definition) is 0. The summed E-state index contributed by atoms with van der Waals surface area (Å²) in [6, 6.07) is 14.5. The van der Waals surface area contributed by atoms with Crippen LogP contribution >= 0.6 is 0 Å². The highest BCUT2D eigenvalue weighted by molar-refractivity contribution is 5.81. The highest BCUT2D eigenvalue weighted by Gasteiger charge is 2.23. The maximum absolute atomic E-state index is 12.7. The number of nitrogens with zero attached hydrogens (tertiary/aromatic N) is 4. The summed E-state index contributed by atoms with van der Waals surface area (Å²) in [7, 11) is 0. The lowest BCUT2D eigenvalue weighted by Crippen LogP contribution is -2.40. The van der Waals surface area contributed by atoms with E-state index in [4.69, 9.17) is 15.3 Å². The van der Waals surface area contributed by atoms with Crippen molar-refractivity contribution in [2.45, 2.75) is 26.0 Å². The highest BCUT2D eigenvalue weighted by Crippen LogP contribution is 2.19. The molecule has 2 rings (SSSR count). The lowest BCUT2D eigenvalue weighted by Gasteiger charge is -2.25. The molecule has 2 aromatic rings. The van der Waals surface area contributed by atoms with Gasteiger partial charge in [-0.2, -0.15) is 10.5 Å². The van der Waals surface area contributed by atoms with Gasteiger partial charge in [-0.15, -0.1) is 0 Å². The molecule has 6 heteroatoms. The summed E-state index contributed by atoms with van der Waals surface area (Å²) in [6.45, 7) is 2.29. The molecule has 6 nitrogen and oxygen atoms in total. The minimum Gasteiger partial charge on any atom is -0.480 e. The topological polar surface area (TPSA) is 90.0 Å². The molecule has 1 heterocycles. The number of carbonyl (C=O) groups is 1. The number of hydrogen-bond acceptors (Lipinski definition) is 5. The second kappa shape index (κ2) is 9.05. The van der Waals surface area contributed by atoms with Crippen LogP contribution in [0.3, 0.4) is 0 Å². The Morgan fingerprint density at radius 1 is 1.28 bits per heavy atom. The van der Waals surface area contributed by atoms with E-state index in [0.717, 1.165) is 5.56 Å². The van der Waals surface area contributed by atoms with E-state index in [9.17, 15) is 4.79 Å². The van der Waals surface area contributed by atoms with Crippen molar-refractivity contribution in [3.63, 3.8) is 0 Å². The Morgan fingerprint density at radius 3 is 2.76 bits per heavy atom. The maximum atomic E-state index is 12.7. The molecule has 0 saturated carbocycles. The second-order valence-corrected chi connectivity index (χ2v) is 5.40. The fourth-order valence-electron chi connectivity index (χ4n) is 2.32. The van der Waals surface area contributed by atoms with Gasteiger partial charge in [0.1, 0.15) is 11.8 Å². The number of amides is 1. The van der Waals surface area contributed by atoms with E-state index in [-0.39, 0.29) is 12.3 Å². The molecule has 0 spiro atoms. The van der Waals surface area contributed by atoms with Crippen LogP contribution < -0.4 is 4.74 Å². The van der Waals surface area contributed by atoms with Gasteiger partial charge in [0.05, 0.1) is 18.1 Å². The molecule has 126 valence electrons. The van der Waals surface area contributed by atoms with Crippen molar-refractivity contribution in [1.82, 2.24) is 9.88 Å². The molecular formula is C19H18N4O2. The zero-order valence-electron chi connectivity index (χ0n) is 13.9. The largest absolute Gasteiger partial charge is 0.480 e. The number of aromatic nitrogens is 1. The number of benzene rings is 1. The summed E-state index contributed by atoms with van der Waals surface area (Å²) in [5, 5.41) is 18.0. The van der Waals surface area contributed by atoms with Crippen LogP contribution in [0.15, 0.2) is 48.8 Å². The van der Waals surface area contributed by atoms with Crippen molar-refractivity contribution >= 4 is 5.91 Å². The molecular weight excluding hydrogens is 316 g/mol. The fourth-order valence-corrected chi connectivity index (χ4v) is 2.32. The van der Waals surface area contributed by atoms with Crippen LogP contribution in [0.2, 0.25) is 0 Å². The van der Waals surface area contributed by atoms with E-state index in [1.807, 2.05) is 12.1 Å². The zero-order chi connectivity index (χ0) is 18.1. The average molecular weight is 334 g/mol. The van der Waals surface area contributed by atoms with Crippen LogP contribution in [0.5, 0.6) is 5.75 Å². The standard InChI is InChI=1S/C19H18N4O2/c1-15(25-18-8-3-2-7-17(18)12-21)19(24)23(11-5-9-20)14-16-6-4-10-22-13-16/h2-4,6-8,10,13,15H,5,11,14H2,1H3/t15-/m1/s1. The Bertz CT molecular complexity index is 793. The van der Waals surface area contributed by atoms with Crippen LogP contribution in [-0.2, 0) is 11.3 Å². The minimum absolute atomic E-state index is 0.230. The van der Waals surface area contributed by atoms with E-state index in [2.05, 4.69) is 11.1 Å². The number of nitriles is 2. The third kappa shape index (κ3) is 5.05. The SMILES string of the molecule is C[C@@H](Oc1ccccc1C#N)C(=O)N(CCC#N)Cc1cccnc1. The molecule has 0 aliphatic carbocycles. The Balaban J connectivity index is 2.12. The summed E-state index contributed by atoms with van der Waals surface area (Å²) in [6.07, 6.45) is 2.80. The number of carbonyl (C=O) groups excluding carboxylic acids is 1. The highest BCUT2D eigenvalue weighted by atomic mass is 16.5. The molecule has 0 aliphatic heterocycles. The van der Waals surface area contributed by atoms with Crippen molar-refractivity contribution in [2.24, 2.45) is 0 Å². The van der Waals surface area contributed by atoms with E-state index >= 15 is 0 Å². The summed E-state index contributed by atoms with van der Waals surface area (Å²) >= 11 is 0. The molecule has 0 fully saturated rings. The average Bonchev–Trinajstić information content (AvgIpc) is 2.65. The Hall–Kier alpha value is -3.38. The number of para-hydroxylation sites is 1. The lowest BCUT2D eigenvalue weighted by molar-refractivity contribution is -0.138. The monoisotopic (exact) mass is 334 g/mol. The summed E-state index contributed by atoms with van der Waals surface area (Å²) in [5.41, 5.74) is 1.25. The van der Waals surface area contributed by atoms with Crippen molar-refractivity contribution < 1.29 is 9.53 Å². The fraction of sp³-hybridized carbons (Fsp3) is 0.263. The summed E-state index contributed by atoms with van der Waals surface area (Å²) in [4.78, 5) is 18.4. The summed E-state index contributed by atoms with van der Waals surface area (Å²) in [5.74, 6) is 0.124. The van der Waals surface area contributed by atoms with Gasteiger partial charge in [0.15, 0.2) is 6.10 Å². The van der Waals surface area contributed by atoms with Gasteiger partial charge in [0.2, 0.25) is 0 Å². The maximum Gasteiger partial charge on any atom is 0.263 e. The van der Waals surface area contributed by atoms with Crippen LogP contribution in [0, 0.1) is 22.7 Å². The van der Waals surface area contributed by atoms with Crippen molar-refractivity contribution in [2.75, 3.05) is 6.54 Å².